The van der Waals surface area contributed by atoms with Crippen LogP contribution in [0.2, 0.25) is 0 Å². The quantitative estimate of drug-likeness (QED) is 0.158. The van der Waals surface area contributed by atoms with Gasteiger partial charge >= 0.3 is 0 Å². The van der Waals surface area contributed by atoms with Crippen LogP contribution in [0, 0.1) is 5.92 Å². The number of hydrogen-bond acceptors (Lipinski definition) is 1. The summed E-state index contributed by atoms with van der Waals surface area (Å²) in [5.41, 5.74) is 17.1. The van der Waals surface area contributed by atoms with E-state index in [0.717, 1.165) is 32.1 Å². The van der Waals surface area contributed by atoms with Gasteiger partial charge < -0.3 is 9.47 Å². The molecule has 0 radical (unpaired) electrons. The van der Waals surface area contributed by atoms with Gasteiger partial charge in [-0.2, -0.15) is 0 Å². The zero-order chi connectivity index (χ0) is 37.8. The highest BCUT2D eigenvalue weighted by atomic mass is 15.2. The summed E-state index contributed by atoms with van der Waals surface area (Å²) in [6.45, 7) is 0. The highest BCUT2D eigenvalue weighted by Gasteiger charge is 2.49. The number of aromatic nitrogens is 1. The smallest absolute Gasteiger partial charge is 0.0562 e. The molecule has 1 heterocycles. The molecule has 2 heteroatoms. The van der Waals surface area contributed by atoms with Gasteiger partial charge in [0.1, 0.15) is 0 Å². The maximum absolute atomic E-state index is 2.59. The second kappa shape index (κ2) is 13.8. The molecule has 0 aliphatic heterocycles. The number of anilines is 1. The average Bonchev–Trinajstić information content (AvgIpc) is 3.80. The minimum atomic E-state index is -0.268. The molecule has 11 rings (SSSR count). The average molecular weight is 733 g/mol. The highest BCUT2D eigenvalue weighted by molar-refractivity contribution is 6.15. The molecule has 6 aromatic carbocycles. The van der Waals surface area contributed by atoms with E-state index in [1.165, 1.54) is 83.5 Å². The van der Waals surface area contributed by atoms with E-state index in [1.807, 2.05) is 0 Å². The molecule has 0 saturated carbocycles. The first-order chi connectivity index (χ1) is 28.3. The minimum Gasteiger partial charge on any atom is -0.317 e. The van der Waals surface area contributed by atoms with Crippen LogP contribution in [-0.2, 0) is 5.41 Å². The molecule has 57 heavy (non-hydrogen) atoms. The zero-order valence-electron chi connectivity index (χ0n) is 32.1. The summed E-state index contributed by atoms with van der Waals surface area (Å²) >= 11 is 0. The summed E-state index contributed by atoms with van der Waals surface area (Å²) in [4.78, 5) is 2.59. The number of rotatable bonds is 7. The van der Waals surface area contributed by atoms with E-state index >= 15 is 0 Å². The fourth-order valence-electron chi connectivity index (χ4n) is 10.5. The second-order valence-corrected chi connectivity index (χ2v) is 15.8. The van der Waals surface area contributed by atoms with Crippen molar-refractivity contribution in [1.82, 2.24) is 4.57 Å². The van der Waals surface area contributed by atoms with Crippen molar-refractivity contribution in [2.24, 2.45) is 5.92 Å². The third kappa shape index (κ3) is 5.24. The van der Waals surface area contributed by atoms with Crippen molar-refractivity contribution in [3.63, 3.8) is 0 Å². The molecule has 2 unspecified atom stereocenters. The maximum Gasteiger partial charge on any atom is 0.0562 e. The topological polar surface area (TPSA) is 8.17 Å². The van der Waals surface area contributed by atoms with E-state index in [1.54, 1.807) is 0 Å². The van der Waals surface area contributed by atoms with Crippen LogP contribution in [0.5, 0.6) is 0 Å². The normalized spacial score (nSPS) is 19.6. The minimum absolute atomic E-state index is 0.268. The predicted molar refractivity (Wildman–Crippen MR) is 240 cm³/mol. The van der Waals surface area contributed by atoms with Crippen molar-refractivity contribution in [1.29, 1.82) is 0 Å². The van der Waals surface area contributed by atoms with Gasteiger partial charge in [-0.1, -0.05) is 158 Å². The summed E-state index contributed by atoms with van der Waals surface area (Å²) in [7, 11) is 0. The lowest BCUT2D eigenvalue weighted by molar-refractivity contribution is 0.457. The van der Waals surface area contributed by atoms with Crippen LogP contribution in [0.4, 0.5) is 5.69 Å². The van der Waals surface area contributed by atoms with Gasteiger partial charge in [-0.15, -0.1) is 0 Å². The Morgan fingerprint density at radius 2 is 1.28 bits per heavy atom. The van der Waals surface area contributed by atoms with Gasteiger partial charge in [0.05, 0.1) is 22.1 Å². The van der Waals surface area contributed by atoms with Gasteiger partial charge in [0.25, 0.3) is 0 Å². The Morgan fingerprint density at radius 3 is 2.09 bits per heavy atom. The van der Waals surface area contributed by atoms with E-state index < -0.39 is 0 Å². The van der Waals surface area contributed by atoms with Crippen LogP contribution >= 0.6 is 0 Å². The molecule has 0 saturated heterocycles. The Morgan fingerprint density at radius 1 is 0.544 bits per heavy atom. The summed E-state index contributed by atoms with van der Waals surface area (Å²) in [5.74, 6) is 0.316. The first-order valence-corrected chi connectivity index (χ1v) is 20.6. The Balaban J connectivity index is 1.08. The first kappa shape index (κ1) is 33.7. The van der Waals surface area contributed by atoms with Gasteiger partial charge in [-0.3, -0.25) is 0 Å². The standard InChI is InChI=1S/C55H44N2/c1-5-19-40(20-6-1)55(41-21-7-2-8-22-41)48-30-15-13-27-46(48)53-45(29-17-31-49(53)55)39-35-37-44(38-36-39)56(42-23-9-3-10-24-42)51-33-18-34-52-54(51)47-28-14-16-32-50(47)57(52)43-25-11-4-12-26-43/h1-9,11-21,23,25-35,37,41H,10,22,24,36,38H2. The van der Waals surface area contributed by atoms with Crippen molar-refractivity contribution in [2.75, 3.05) is 4.90 Å². The Hall–Kier alpha value is -6.64. The molecule has 0 bridgehead atoms. The van der Waals surface area contributed by atoms with Crippen molar-refractivity contribution in [3.05, 3.63) is 234 Å². The number of fused-ring (bicyclic) bond motifs is 6. The van der Waals surface area contributed by atoms with Crippen LogP contribution in [-0.4, -0.2) is 4.57 Å². The second-order valence-electron chi connectivity index (χ2n) is 15.8. The summed E-state index contributed by atoms with van der Waals surface area (Å²) in [5, 5.41) is 2.57. The van der Waals surface area contributed by atoms with Crippen molar-refractivity contribution in [3.8, 4) is 16.8 Å². The summed E-state index contributed by atoms with van der Waals surface area (Å²) in [6.07, 6.45) is 25.9. The number of benzene rings is 6. The Labute approximate surface area is 335 Å². The van der Waals surface area contributed by atoms with Crippen LogP contribution < -0.4 is 4.90 Å². The molecule has 4 aliphatic carbocycles. The summed E-state index contributed by atoms with van der Waals surface area (Å²) < 4.78 is 2.43. The molecule has 7 aromatic rings. The van der Waals surface area contributed by atoms with Crippen molar-refractivity contribution >= 4 is 33.1 Å². The molecule has 1 aromatic heterocycles. The van der Waals surface area contributed by atoms with Crippen LogP contribution in [0.1, 0.15) is 54.4 Å². The van der Waals surface area contributed by atoms with Gasteiger partial charge in [0, 0.05) is 27.9 Å². The van der Waals surface area contributed by atoms with E-state index in [9.17, 15) is 0 Å². The van der Waals surface area contributed by atoms with Crippen molar-refractivity contribution in [2.45, 2.75) is 37.5 Å². The lowest BCUT2D eigenvalue weighted by Crippen LogP contribution is -2.35. The SMILES string of the molecule is C1=CCCC(N(C2=CC=C(c3cccc4c3-c3ccccc3C4(c3ccccc3)C3C=CC=CC3)CC2)c2cccc3c2c2ccccc2n3-c2ccccc2)=C1. The molecular weight excluding hydrogens is 689 g/mol. The number of allylic oxidation sites excluding steroid dienone is 12. The molecule has 0 amide bonds. The fourth-order valence-corrected chi connectivity index (χ4v) is 10.5. The number of para-hydroxylation sites is 2. The third-order valence-electron chi connectivity index (χ3n) is 12.8. The lowest BCUT2D eigenvalue weighted by atomic mass is 9.62. The largest absolute Gasteiger partial charge is 0.317 e. The summed E-state index contributed by atoms with van der Waals surface area (Å²) in [6, 6.07) is 54.2. The maximum atomic E-state index is 2.59. The van der Waals surface area contributed by atoms with E-state index in [0.29, 0.717) is 5.92 Å². The molecular formula is C55H44N2. The van der Waals surface area contributed by atoms with Crippen LogP contribution in [0.3, 0.4) is 0 Å². The zero-order valence-corrected chi connectivity index (χ0v) is 32.1. The van der Waals surface area contributed by atoms with E-state index in [4.69, 9.17) is 0 Å². The highest BCUT2D eigenvalue weighted by Crippen LogP contribution is 2.59. The van der Waals surface area contributed by atoms with Gasteiger partial charge in [-0.25, -0.2) is 0 Å². The van der Waals surface area contributed by atoms with Gasteiger partial charge in [0.2, 0.25) is 0 Å². The molecule has 2 nitrogen and oxygen atoms in total. The van der Waals surface area contributed by atoms with E-state index in [2.05, 4.69) is 210 Å². The van der Waals surface area contributed by atoms with Crippen LogP contribution in [0.25, 0.3) is 44.2 Å². The molecule has 0 spiro atoms. The molecule has 0 N–H and O–H groups in total. The van der Waals surface area contributed by atoms with Crippen LogP contribution in [0.15, 0.2) is 212 Å². The number of nitrogens with zero attached hydrogens (tertiary/aromatic N) is 2. The predicted octanol–water partition coefficient (Wildman–Crippen LogP) is 14.0. The Kier molecular flexibility index (Phi) is 8.17. The fraction of sp³-hybridized carbons (Fsp3) is 0.127. The molecule has 2 atom stereocenters. The van der Waals surface area contributed by atoms with Crippen molar-refractivity contribution < 1.29 is 0 Å². The van der Waals surface area contributed by atoms with Gasteiger partial charge in [0.15, 0.2) is 0 Å². The van der Waals surface area contributed by atoms with E-state index in [-0.39, 0.29) is 5.41 Å². The molecule has 0 fully saturated rings. The van der Waals surface area contributed by atoms with Gasteiger partial charge in [-0.05, 0) is 119 Å². The third-order valence-corrected chi connectivity index (χ3v) is 12.8. The molecule has 4 aliphatic rings. The molecule has 274 valence electrons. The lowest BCUT2D eigenvalue weighted by Gasteiger charge is -2.39. The monoisotopic (exact) mass is 732 g/mol. The number of hydrogen-bond donors (Lipinski definition) is 0. The Bertz CT molecular complexity index is 2880. The first-order valence-electron chi connectivity index (χ1n) is 20.6.